The van der Waals surface area contributed by atoms with Crippen molar-refractivity contribution in [3.05, 3.63) is 28.0 Å². The summed E-state index contributed by atoms with van der Waals surface area (Å²) in [5.41, 5.74) is 1.20. The third kappa shape index (κ3) is 2.07. The Kier molecular flexibility index (Phi) is 2.99. The largest absolute Gasteiger partial charge is 0.505 e. The number of phenols is 1. The SMILES string of the molecule is CC1=Nc2nc(C)nn2/C1=N\c1cc(Cl)c(O)c(Cl)c1. The number of aliphatic imine (C=N–C) groups is 2. The van der Waals surface area contributed by atoms with E-state index in [9.17, 15) is 5.11 Å². The van der Waals surface area contributed by atoms with E-state index in [1.807, 2.05) is 6.92 Å². The fourth-order valence-electron chi connectivity index (χ4n) is 1.84. The molecule has 2 aromatic rings. The molecule has 1 aliphatic heterocycles. The van der Waals surface area contributed by atoms with Crippen LogP contribution in [0.15, 0.2) is 22.1 Å². The van der Waals surface area contributed by atoms with Crippen LogP contribution in [0.5, 0.6) is 5.75 Å². The Balaban J connectivity index is 2.11. The number of aromatic hydroxyl groups is 1. The molecular weight excluding hydrogens is 301 g/mol. The molecule has 0 radical (unpaired) electrons. The standard InChI is InChI=1S/C12H9Cl2N5O/c1-5-11(19-12(15-5)16-6(2)18-19)17-7-3-8(13)10(20)9(14)4-7/h3-4,20H,1-2H3/b17-11-. The van der Waals surface area contributed by atoms with Crippen LogP contribution < -0.4 is 0 Å². The van der Waals surface area contributed by atoms with Gasteiger partial charge in [-0.05, 0) is 26.0 Å². The number of rotatable bonds is 1. The monoisotopic (exact) mass is 309 g/mol. The zero-order valence-corrected chi connectivity index (χ0v) is 12.1. The quantitative estimate of drug-likeness (QED) is 0.878. The zero-order valence-electron chi connectivity index (χ0n) is 10.6. The van der Waals surface area contributed by atoms with Crippen LogP contribution >= 0.6 is 23.2 Å². The highest BCUT2D eigenvalue weighted by atomic mass is 35.5. The molecule has 8 heteroatoms. The fraction of sp³-hybridized carbons (Fsp3) is 0.167. The van der Waals surface area contributed by atoms with E-state index in [-0.39, 0.29) is 15.8 Å². The van der Waals surface area contributed by atoms with Gasteiger partial charge in [0.1, 0.15) is 5.82 Å². The van der Waals surface area contributed by atoms with Gasteiger partial charge in [0.25, 0.3) is 5.95 Å². The zero-order chi connectivity index (χ0) is 14.4. The van der Waals surface area contributed by atoms with Crippen LogP contribution in [0.3, 0.4) is 0 Å². The fourth-order valence-corrected chi connectivity index (χ4v) is 2.31. The van der Waals surface area contributed by atoms with E-state index < -0.39 is 0 Å². The summed E-state index contributed by atoms with van der Waals surface area (Å²) in [7, 11) is 0. The minimum Gasteiger partial charge on any atom is -0.505 e. The van der Waals surface area contributed by atoms with E-state index in [0.717, 1.165) is 0 Å². The predicted octanol–water partition coefficient (Wildman–Crippen LogP) is 3.28. The van der Waals surface area contributed by atoms with Crippen LogP contribution in [0.2, 0.25) is 10.0 Å². The summed E-state index contributed by atoms with van der Waals surface area (Å²) in [6.45, 7) is 3.59. The summed E-state index contributed by atoms with van der Waals surface area (Å²) >= 11 is 11.8. The van der Waals surface area contributed by atoms with Gasteiger partial charge in [-0.25, -0.2) is 9.98 Å². The predicted molar refractivity (Wildman–Crippen MR) is 78.1 cm³/mol. The molecule has 0 atom stereocenters. The minimum absolute atomic E-state index is 0.138. The summed E-state index contributed by atoms with van der Waals surface area (Å²) < 4.78 is 1.55. The first-order valence-corrected chi connectivity index (χ1v) is 6.47. The van der Waals surface area contributed by atoms with Gasteiger partial charge in [0.05, 0.1) is 21.4 Å². The topological polar surface area (TPSA) is 75.7 Å². The van der Waals surface area contributed by atoms with Crippen molar-refractivity contribution in [2.45, 2.75) is 13.8 Å². The number of nitrogens with zero attached hydrogens (tertiary/aromatic N) is 5. The molecule has 2 heterocycles. The second-order valence-corrected chi connectivity index (χ2v) is 5.08. The Morgan fingerprint density at radius 1 is 1.20 bits per heavy atom. The molecule has 6 nitrogen and oxygen atoms in total. The molecule has 1 aromatic carbocycles. The van der Waals surface area contributed by atoms with E-state index in [0.29, 0.717) is 29.0 Å². The van der Waals surface area contributed by atoms with E-state index in [1.54, 1.807) is 11.6 Å². The second-order valence-electron chi connectivity index (χ2n) is 4.26. The smallest absolute Gasteiger partial charge is 0.254 e. The first kappa shape index (κ1) is 13.1. The third-order valence-electron chi connectivity index (χ3n) is 2.72. The average Bonchev–Trinajstić information content (AvgIpc) is 2.84. The molecule has 20 heavy (non-hydrogen) atoms. The summed E-state index contributed by atoms with van der Waals surface area (Å²) in [5.74, 6) is 1.50. The molecule has 0 unspecified atom stereocenters. The highest BCUT2D eigenvalue weighted by Gasteiger charge is 2.22. The molecule has 0 bridgehead atoms. The van der Waals surface area contributed by atoms with Crippen LogP contribution in [-0.2, 0) is 0 Å². The van der Waals surface area contributed by atoms with Crippen molar-refractivity contribution in [2.75, 3.05) is 0 Å². The van der Waals surface area contributed by atoms with Gasteiger partial charge in [-0.1, -0.05) is 23.2 Å². The Labute approximate surface area is 124 Å². The first-order valence-electron chi connectivity index (χ1n) is 5.72. The minimum atomic E-state index is -0.161. The lowest BCUT2D eigenvalue weighted by atomic mass is 10.3. The molecule has 0 saturated heterocycles. The summed E-state index contributed by atoms with van der Waals surface area (Å²) in [4.78, 5) is 12.9. The maximum atomic E-state index is 9.54. The van der Waals surface area contributed by atoms with E-state index in [4.69, 9.17) is 23.2 Å². The van der Waals surface area contributed by atoms with Crippen LogP contribution in [0.1, 0.15) is 12.7 Å². The molecule has 1 aliphatic rings. The highest BCUT2D eigenvalue weighted by molar-refractivity contribution is 6.44. The van der Waals surface area contributed by atoms with Gasteiger partial charge in [0.2, 0.25) is 0 Å². The molecule has 0 aliphatic carbocycles. The van der Waals surface area contributed by atoms with Crippen molar-refractivity contribution in [1.82, 2.24) is 14.8 Å². The first-order chi connectivity index (χ1) is 9.45. The number of phenolic OH excluding ortho intramolecular Hbond substituents is 1. The Morgan fingerprint density at radius 2 is 1.85 bits per heavy atom. The van der Waals surface area contributed by atoms with E-state index in [2.05, 4.69) is 20.1 Å². The average molecular weight is 310 g/mol. The number of halogens is 2. The number of hydrogen-bond acceptors (Lipinski definition) is 5. The van der Waals surface area contributed by atoms with Crippen LogP contribution in [0.25, 0.3) is 0 Å². The number of hydrogen-bond donors (Lipinski definition) is 1. The molecule has 0 amide bonds. The van der Waals surface area contributed by atoms with Crippen LogP contribution in [-0.4, -0.2) is 31.4 Å². The summed E-state index contributed by atoms with van der Waals surface area (Å²) in [6.07, 6.45) is 0. The normalized spacial score (nSPS) is 15.6. The van der Waals surface area contributed by atoms with Gasteiger partial charge >= 0.3 is 0 Å². The molecule has 0 fully saturated rings. The van der Waals surface area contributed by atoms with Gasteiger partial charge in [-0.2, -0.15) is 9.67 Å². The lowest BCUT2D eigenvalue weighted by Gasteiger charge is -2.03. The highest BCUT2D eigenvalue weighted by Crippen LogP contribution is 2.36. The molecule has 3 rings (SSSR count). The van der Waals surface area contributed by atoms with Crippen molar-refractivity contribution in [3.63, 3.8) is 0 Å². The molecule has 1 aromatic heterocycles. The van der Waals surface area contributed by atoms with E-state index in [1.165, 1.54) is 12.1 Å². The van der Waals surface area contributed by atoms with E-state index >= 15 is 0 Å². The number of aromatic nitrogens is 3. The Bertz CT molecular complexity index is 755. The molecule has 1 N–H and O–H groups in total. The molecule has 0 spiro atoms. The van der Waals surface area contributed by atoms with Gasteiger partial charge < -0.3 is 5.11 Å². The number of aryl methyl sites for hydroxylation is 1. The number of fused-ring (bicyclic) bond motifs is 1. The van der Waals surface area contributed by atoms with Crippen molar-refractivity contribution in [1.29, 1.82) is 0 Å². The maximum absolute atomic E-state index is 9.54. The summed E-state index contributed by atoms with van der Waals surface area (Å²) in [5, 5.41) is 14.0. The maximum Gasteiger partial charge on any atom is 0.254 e. The molecule has 0 saturated carbocycles. The Morgan fingerprint density at radius 3 is 2.50 bits per heavy atom. The second kappa shape index (κ2) is 4.57. The molecular formula is C12H9Cl2N5O. The molecule has 102 valence electrons. The summed E-state index contributed by atoms with van der Waals surface area (Å²) in [6, 6.07) is 3.04. The number of benzene rings is 1. The lowest BCUT2D eigenvalue weighted by molar-refractivity contribution is 0.476. The third-order valence-corrected chi connectivity index (χ3v) is 3.30. The van der Waals surface area contributed by atoms with Crippen LogP contribution in [0.4, 0.5) is 11.6 Å². The van der Waals surface area contributed by atoms with Crippen LogP contribution in [0, 0.1) is 6.92 Å². The van der Waals surface area contributed by atoms with Gasteiger partial charge in [0, 0.05) is 0 Å². The Hall–Kier alpha value is -1.92. The van der Waals surface area contributed by atoms with Gasteiger partial charge in [0.15, 0.2) is 11.6 Å². The van der Waals surface area contributed by atoms with Crippen molar-refractivity contribution in [2.24, 2.45) is 9.98 Å². The van der Waals surface area contributed by atoms with Crippen molar-refractivity contribution >= 4 is 46.4 Å². The van der Waals surface area contributed by atoms with Crippen molar-refractivity contribution < 1.29 is 5.11 Å². The van der Waals surface area contributed by atoms with Crippen molar-refractivity contribution in [3.8, 4) is 5.75 Å². The van der Waals surface area contributed by atoms with Gasteiger partial charge in [-0.15, -0.1) is 5.10 Å². The van der Waals surface area contributed by atoms with Gasteiger partial charge in [-0.3, -0.25) is 0 Å². The lowest BCUT2D eigenvalue weighted by Crippen LogP contribution is -2.16.